The molecule has 20 heavy (non-hydrogen) atoms. The fourth-order valence-electron chi connectivity index (χ4n) is 1.45. The Labute approximate surface area is 122 Å². The van der Waals surface area contributed by atoms with Crippen LogP contribution in [0.5, 0.6) is 0 Å². The lowest BCUT2D eigenvalue weighted by atomic mass is 10.2. The molecule has 6 heteroatoms. The van der Waals surface area contributed by atoms with Crippen molar-refractivity contribution in [2.75, 3.05) is 32.5 Å². The molecule has 0 aliphatic heterocycles. The molecule has 0 radical (unpaired) electrons. The van der Waals surface area contributed by atoms with Gasteiger partial charge < -0.3 is 20.3 Å². The Bertz CT molecular complexity index is 455. The van der Waals surface area contributed by atoms with Crippen LogP contribution in [-0.4, -0.2) is 44.1 Å². The first kappa shape index (κ1) is 15.8. The lowest BCUT2D eigenvalue weighted by molar-refractivity contribution is -0.127. The Morgan fingerprint density at radius 1 is 1.30 bits per heavy atom. The number of hydrogen-bond donors (Lipinski definition) is 2. The smallest absolute Gasteiger partial charge is 0.407 e. The second kappa shape index (κ2) is 8.04. The van der Waals surface area contributed by atoms with Crippen LogP contribution in [0.25, 0.3) is 0 Å². The molecule has 1 rings (SSSR count). The van der Waals surface area contributed by atoms with Crippen molar-refractivity contribution in [3.05, 3.63) is 29.8 Å². The molecule has 0 saturated carbocycles. The topological polar surface area (TPSA) is 70.7 Å². The van der Waals surface area contributed by atoms with Gasteiger partial charge in [0.2, 0.25) is 5.91 Å². The van der Waals surface area contributed by atoms with E-state index in [0.29, 0.717) is 13.1 Å². The summed E-state index contributed by atoms with van der Waals surface area (Å²) in [6.07, 6.45) is -0.486. The highest BCUT2D eigenvalue weighted by molar-refractivity contribution is 5.73. The summed E-state index contributed by atoms with van der Waals surface area (Å²) < 4.78 is 5.07. The molecule has 0 saturated heterocycles. The molecule has 0 aromatic heterocycles. The number of likely N-dealkylation sites (N-methyl/N-ethyl adjacent to an activating group) is 1. The first-order valence-electron chi connectivity index (χ1n) is 6.42. The van der Waals surface area contributed by atoms with Gasteiger partial charge in [-0.05, 0) is 17.7 Å². The molecule has 6 nitrogen and oxygen atoms in total. The van der Waals surface area contributed by atoms with Crippen LogP contribution in [0.2, 0.25) is 0 Å². The molecule has 2 amide bonds. The van der Waals surface area contributed by atoms with E-state index in [0.717, 1.165) is 11.3 Å². The van der Waals surface area contributed by atoms with E-state index < -0.39 is 6.09 Å². The van der Waals surface area contributed by atoms with Crippen LogP contribution >= 0.6 is 0 Å². The maximum atomic E-state index is 11.4. The van der Waals surface area contributed by atoms with Gasteiger partial charge in [-0.2, -0.15) is 0 Å². The van der Waals surface area contributed by atoms with Gasteiger partial charge in [-0.3, -0.25) is 4.79 Å². The number of alkyl carbamates (subject to hydrolysis) is 1. The molecule has 2 N–H and O–H groups in total. The Morgan fingerprint density at radius 2 is 1.95 bits per heavy atom. The minimum absolute atomic E-state index is 0. The van der Waals surface area contributed by atoms with Gasteiger partial charge in [0.15, 0.2) is 0 Å². The van der Waals surface area contributed by atoms with Crippen molar-refractivity contribution in [3.8, 4) is 0 Å². The van der Waals surface area contributed by atoms with Crippen LogP contribution in [0.4, 0.5) is 10.5 Å². The Hall–Kier alpha value is -2.24. The largest absolute Gasteiger partial charge is 0.445 e. The van der Waals surface area contributed by atoms with Crippen LogP contribution in [0.1, 0.15) is 15.3 Å². The SMILES string of the molecule is CNc1ccc(COC(=O)NCCN(C)C(C)=O)cc1.[HH].[HH]. The highest BCUT2D eigenvalue weighted by atomic mass is 16.5. The number of anilines is 1. The van der Waals surface area contributed by atoms with E-state index in [4.69, 9.17) is 4.74 Å². The van der Waals surface area contributed by atoms with E-state index >= 15 is 0 Å². The molecule has 114 valence electrons. The number of ether oxygens (including phenoxy) is 1. The average molecular weight is 283 g/mol. The van der Waals surface area contributed by atoms with Crippen LogP contribution < -0.4 is 10.6 Å². The van der Waals surface area contributed by atoms with Gasteiger partial charge in [0.05, 0.1) is 0 Å². The minimum atomic E-state index is -0.486. The molecule has 0 bridgehead atoms. The second-order valence-corrected chi connectivity index (χ2v) is 4.39. The molecule has 1 aromatic rings. The van der Waals surface area contributed by atoms with Crippen LogP contribution in [-0.2, 0) is 16.1 Å². The Kier molecular flexibility index (Phi) is 6.36. The number of carbonyl (C=O) groups excluding carboxylic acids is 2. The van der Waals surface area contributed by atoms with Crippen LogP contribution in [0.15, 0.2) is 24.3 Å². The molecule has 0 fully saturated rings. The maximum absolute atomic E-state index is 11.4. The summed E-state index contributed by atoms with van der Waals surface area (Å²) in [5, 5.41) is 5.61. The zero-order valence-corrected chi connectivity index (χ0v) is 12.1. The molecule has 0 heterocycles. The fraction of sp³-hybridized carbons (Fsp3) is 0.429. The first-order valence-corrected chi connectivity index (χ1v) is 6.42. The zero-order valence-electron chi connectivity index (χ0n) is 12.1. The predicted molar refractivity (Wildman–Crippen MR) is 81.7 cm³/mol. The van der Waals surface area contributed by atoms with Gasteiger partial charge in [-0.1, -0.05) is 12.1 Å². The van der Waals surface area contributed by atoms with Crippen molar-refractivity contribution in [1.29, 1.82) is 0 Å². The number of nitrogens with zero attached hydrogens (tertiary/aromatic N) is 1. The van der Waals surface area contributed by atoms with Gasteiger partial charge in [0, 0.05) is 42.6 Å². The summed E-state index contributed by atoms with van der Waals surface area (Å²) in [6, 6.07) is 7.61. The summed E-state index contributed by atoms with van der Waals surface area (Å²) in [7, 11) is 3.52. The normalized spacial score (nSPS) is 9.75. The van der Waals surface area contributed by atoms with Gasteiger partial charge in [0.25, 0.3) is 0 Å². The van der Waals surface area contributed by atoms with Gasteiger partial charge in [0.1, 0.15) is 6.61 Å². The van der Waals surface area contributed by atoms with E-state index in [1.54, 1.807) is 7.05 Å². The van der Waals surface area contributed by atoms with Crippen LogP contribution in [0, 0.1) is 0 Å². The summed E-state index contributed by atoms with van der Waals surface area (Å²) in [5.74, 6) is -0.0372. The molecular formula is C14H25N3O3. The molecule has 1 aromatic carbocycles. The molecule has 0 unspecified atom stereocenters. The standard InChI is InChI=1S/C14H21N3O3.2H2/c1-11(18)17(3)9-8-16-14(19)20-10-12-4-6-13(15-2)7-5-12;;/h4-7,15H,8-10H2,1-3H3,(H,16,19);2*1H. The summed E-state index contributed by atoms with van der Waals surface area (Å²) in [6.45, 7) is 2.53. The third-order valence-electron chi connectivity index (χ3n) is 2.87. The average Bonchev–Trinajstić information content (AvgIpc) is 2.45. The second-order valence-electron chi connectivity index (χ2n) is 4.39. The van der Waals surface area contributed by atoms with Crippen molar-refractivity contribution < 1.29 is 17.2 Å². The third-order valence-corrected chi connectivity index (χ3v) is 2.87. The van der Waals surface area contributed by atoms with Gasteiger partial charge in [-0.25, -0.2) is 4.79 Å². The molecule has 0 atom stereocenters. The first-order chi connectivity index (χ1) is 9.52. The van der Waals surface area contributed by atoms with Gasteiger partial charge >= 0.3 is 6.09 Å². The van der Waals surface area contributed by atoms with Crippen molar-refractivity contribution in [1.82, 2.24) is 10.2 Å². The van der Waals surface area contributed by atoms with Crippen molar-refractivity contribution in [2.45, 2.75) is 13.5 Å². The van der Waals surface area contributed by atoms with E-state index in [1.165, 1.54) is 11.8 Å². The van der Waals surface area contributed by atoms with Crippen LogP contribution in [0.3, 0.4) is 0 Å². The number of nitrogens with one attached hydrogen (secondary N) is 2. The third kappa shape index (κ3) is 5.60. The summed E-state index contributed by atoms with van der Waals surface area (Å²) in [4.78, 5) is 23.9. The van der Waals surface area contributed by atoms with Crippen molar-refractivity contribution in [3.63, 3.8) is 0 Å². The number of amides is 2. The minimum Gasteiger partial charge on any atom is -0.445 e. The predicted octanol–water partition coefficient (Wildman–Crippen LogP) is 1.92. The molecule has 0 aliphatic carbocycles. The highest BCUT2D eigenvalue weighted by Crippen LogP contribution is 2.09. The van der Waals surface area contributed by atoms with Gasteiger partial charge in [-0.15, -0.1) is 0 Å². The van der Waals surface area contributed by atoms with E-state index in [9.17, 15) is 9.59 Å². The summed E-state index contributed by atoms with van der Waals surface area (Å²) >= 11 is 0. The van der Waals surface area contributed by atoms with E-state index in [1.807, 2.05) is 31.3 Å². The fourth-order valence-corrected chi connectivity index (χ4v) is 1.45. The number of rotatable bonds is 6. The quantitative estimate of drug-likeness (QED) is 0.837. The maximum Gasteiger partial charge on any atom is 0.407 e. The number of hydrogen-bond acceptors (Lipinski definition) is 4. The monoisotopic (exact) mass is 283 g/mol. The number of carbonyl (C=O) groups is 2. The molecule has 0 spiro atoms. The van der Waals surface area contributed by atoms with E-state index in [-0.39, 0.29) is 15.4 Å². The lowest BCUT2D eigenvalue weighted by Crippen LogP contribution is -2.35. The Morgan fingerprint density at radius 3 is 2.50 bits per heavy atom. The lowest BCUT2D eigenvalue weighted by Gasteiger charge is -2.14. The summed E-state index contributed by atoms with van der Waals surface area (Å²) in [5.41, 5.74) is 1.92. The molecule has 0 aliphatic rings. The van der Waals surface area contributed by atoms with E-state index in [2.05, 4.69) is 10.6 Å². The van der Waals surface area contributed by atoms with Crippen molar-refractivity contribution >= 4 is 17.7 Å². The zero-order chi connectivity index (χ0) is 15.0. The molecular weight excluding hydrogens is 258 g/mol. The Balaban J connectivity index is 0. The van der Waals surface area contributed by atoms with Crippen molar-refractivity contribution in [2.24, 2.45) is 0 Å². The number of benzene rings is 1. The highest BCUT2D eigenvalue weighted by Gasteiger charge is 2.05.